The number of nitrogens with zero attached hydrogens (tertiary/aromatic N) is 4. The van der Waals surface area contributed by atoms with Gasteiger partial charge in [-0.3, -0.25) is 0 Å². The molecule has 0 N–H and O–H groups in total. The van der Waals surface area contributed by atoms with Gasteiger partial charge in [-0.1, -0.05) is 88.9 Å². The van der Waals surface area contributed by atoms with Crippen molar-refractivity contribution in [3.63, 3.8) is 0 Å². The maximum absolute atomic E-state index is 6.65. The van der Waals surface area contributed by atoms with Gasteiger partial charge in [-0.25, -0.2) is 4.68 Å². The number of benzene rings is 3. The summed E-state index contributed by atoms with van der Waals surface area (Å²) in [6.07, 6.45) is 2.79. The van der Waals surface area contributed by atoms with Gasteiger partial charge >= 0.3 is 0 Å². The summed E-state index contributed by atoms with van der Waals surface area (Å²) in [6, 6.07) is 21.2. The second-order valence-corrected chi connectivity index (χ2v) is 11.7. The Hall–Kier alpha value is -2.41. The summed E-state index contributed by atoms with van der Waals surface area (Å²) in [6.45, 7) is 2.12. The van der Waals surface area contributed by atoms with Crippen LogP contribution in [-0.4, -0.2) is 20.0 Å². The van der Waals surface area contributed by atoms with Crippen LogP contribution in [-0.2, 0) is 11.8 Å². The van der Waals surface area contributed by atoms with Gasteiger partial charge in [-0.05, 0) is 67.3 Å². The molecule has 37 heavy (non-hydrogen) atoms. The van der Waals surface area contributed by atoms with Crippen molar-refractivity contribution in [1.82, 2.24) is 20.0 Å². The van der Waals surface area contributed by atoms with Crippen molar-refractivity contribution >= 4 is 57.7 Å². The van der Waals surface area contributed by atoms with Crippen molar-refractivity contribution in [2.24, 2.45) is 0 Å². The third-order valence-corrected chi connectivity index (χ3v) is 8.92. The van der Waals surface area contributed by atoms with E-state index in [4.69, 9.17) is 51.5 Å². The first-order valence-corrected chi connectivity index (χ1v) is 14.2. The summed E-state index contributed by atoms with van der Waals surface area (Å²) in [5, 5.41) is 18.6. The van der Waals surface area contributed by atoms with E-state index in [1.807, 2.05) is 59.3 Å². The Balaban J connectivity index is 1.51. The maximum atomic E-state index is 6.65. The van der Waals surface area contributed by atoms with Crippen LogP contribution >= 0.6 is 57.7 Å². The molecule has 1 aliphatic carbocycles. The zero-order valence-electron chi connectivity index (χ0n) is 19.7. The lowest BCUT2D eigenvalue weighted by atomic mass is 9.97. The standard InChI is InChI=1S/C28H20Cl4N4S/c1-2-21-24(26-33-34-27(37-26)28(12-13-28)17-4-3-5-19(30)14-17)35-36(23-11-10-20(31)15-22(23)32)25(21)16-6-8-18(29)9-7-16/h3-11,14-15H,2,12-13H2,1H3. The molecule has 4 nitrogen and oxygen atoms in total. The Morgan fingerprint density at radius 2 is 1.59 bits per heavy atom. The van der Waals surface area contributed by atoms with Crippen LogP contribution in [0.4, 0.5) is 0 Å². The van der Waals surface area contributed by atoms with Crippen LogP contribution in [0, 0.1) is 0 Å². The Kier molecular flexibility index (Phi) is 6.54. The maximum Gasteiger partial charge on any atom is 0.168 e. The van der Waals surface area contributed by atoms with Crippen LogP contribution < -0.4 is 0 Å². The van der Waals surface area contributed by atoms with E-state index in [0.29, 0.717) is 15.1 Å². The molecule has 0 unspecified atom stereocenters. The Morgan fingerprint density at radius 1 is 0.865 bits per heavy atom. The van der Waals surface area contributed by atoms with E-state index < -0.39 is 0 Å². The number of halogens is 4. The normalized spacial score (nSPS) is 14.2. The largest absolute Gasteiger partial charge is 0.231 e. The SMILES string of the molecule is CCc1c(-c2nnc(C3(c4cccc(Cl)c4)CC3)s2)nn(-c2ccc(Cl)cc2Cl)c1-c1ccc(Cl)cc1. The van der Waals surface area contributed by atoms with Gasteiger partial charge in [0.1, 0.15) is 10.7 Å². The summed E-state index contributed by atoms with van der Waals surface area (Å²) < 4.78 is 1.88. The lowest BCUT2D eigenvalue weighted by Gasteiger charge is -2.11. The minimum Gasteiger partial charge on any atom is -0.231 e. The zero-order valence-corrected chi connectivity index (χ0v) is 23.5. The highest BCUT2D eigenvalue weighted by molar-refractivity contribution is 7.14. The number of aromatic nitrogens is 4. The topological polar surface area (TPSA) is 43.6 Å². The van der Waals surface area contributed by atoms with Gasteiger partial charge in [0.25, 0.3) is 0 Å². The van der Waals surface area contributed by atoms with Crippen molar-refractivity contribution < 1.29 is 0 Å². The van der Waals surface area contributed by atoms with Crippen LogP contribution in [0.15, 0.2) is 66.7 Å². The van der Waals surface area contributed by atoms with E-state index >= 15 is 0 Å². The van der Waals surface area contributed by atoms with Gasteiger partial charge in [0.15, 0.2) is 5.01 Å². The smallest absolute Gasteiger partial charge is 0.168 e. The first kappa shape index (κ1) is 24.9. The van der Waals surface area contributed by atoms with E-state index in [1.54, 1.807) is 17.4 Å². The molecule has 0 amide bonds. The molecule has 6 rings (SSSR count). The molecule has 0 atom stereocenters. The highest BCUT2D eigenvalue weighted by Crippen LogP contribution is 2.55. The minimum atomic E-state index is -0.131. The van der Waals surface area contributed by atoms with Gasteiger partial charge in [-0.15, -0.1) is 10.2 Å². The molecule has 0 bridgehead atoms. The molecule has 0 spiro atoms. The highest BCUT2D eigenvalue weighted by Gasteiger charge is 2.49. The highest BCUT2D eigenvalue weighted by atomic mass is 35.5. The zero-order chi connectivity index (χ0) is 25.7. The number of hydrogen-bond acceptors (Lipinski definition) is 4. The molecule has 0 aliphatic heterocycles. The van der Waals surface area contributed by atoms with Crippen molar-refractivity contribution in [3.05, 3.63) is 103 Å². The van der Waals surface area contributed by atoms with Gasteiger partial charge in [-0.2, -0.15) is 5.10 Å². The van der Waals surface area contributed by atoms with Crippen molar-refractivity contribution in [3.8, 4) is 27.6 Å². The van der Waals surface area contributed by atoms with Gasteiger partial charge in [0, 0.05) is 31.6 Å². The first-order chi connectivity index (χ1) is 17.9. The second-order valence-electron chi connectivity index (χ2n) is 9.05. The molecule has 2 aromatic heterocycles. The average Bonchev–Trinajstić information content (AvgIpc) is 3.38. The van der Waals surface area contributed by atoms with Gasteiger partial charge in [0.05, 0.1) is 16.4 Å². The van der Waals surface area contributed by atoms with Crippen LogP contribution in [0.5, 0.6) is 0 Å². The minimum absolute atomic E-state index is 0.131. The third kappa shape index (κ3) is 4.47. The lowest BCUT2D eigenvalue weighted by Crippen LogP contribution is -2.07. The lowest BCUT2D eigenvalue weighted by molar-refractivity contribution is 0.806. The van der Waals surface area contributed by atoms with Gasteiger partial charge < -0.3 is 0 Å². The van der Waals surface area contributed by atoms with E-state index in [1.165, 1.54) is 5.56 Å². The van der Waals surface area contributed by atoms with Crippen LogP contribution in [0.1, 0.15) is 35.9 Å². The van der Waals surface area contributed by atoms with Crippen molar-refractivity contribution in [2.75, 3.05) is 0 Å². The van der Waals surface area contributed by atoms with E-state index in [-0.39, 0.29) is 5.41 Å². The quantitative estimate of drug-likeness (QED) is 0.199. The van der Waals surface area contributed by atoms with E-state index in [0.717, 1.165) is 62.5 Å². The molecule has 3 aromatic carbocycles. The van der Waals surface area contributed by atoms with E-state index in [2.05, 4.69) is 23.2 Å². The molecule has 1 saturated carbocycles. The predicted molar refractivity (Wildman–Crippen MR) is 154 cm³/mol. The fourth-order valence-electron chi connectivity index (χ4n) is 4.74. The van der Waals surface area contributed by atoms with Crippen molar-refractivity contribution in [2.45, 2.75) is 31.6 Å². The Labute approximate surface area is 238 Å². The molecule has 1 aliphatic rings. The first-order valence-electron chi connectivity index (χ1n) is 11.8. The number of rotatable bonds is 6. The number of hydrogen-bond donors (Lipinski definition) is 0. The molecule has 9 heteroatoms. The Morgan fingerprint density at radius 3 is 2.27 bits per heavy atom. The summed E-state index contributed by atoms with van der Waals surface area (Å²) in [5.41, 5.74) is 5.55. The fourth-order valence-corrected chi connectivity index (χ4v) is 6.67. The second kappa shape index (κ2) is 9.72. The molecule has 2 heterocycles. The van der Waals surface area contributed by atoms with Crippen LogP contribution in [0.25, 0.3) is 27.6 Å². The molecule has 0 radical (unpaired) electrons. The molecule has 1 fully saturated rings. The molecule has 5 aromatic rings. The summed E-state index contributed by atoms with van der Waals surface area (Å²) >= 11 is 26.9. The molecule has 186 valence electrons. The van der Waals surface area contributed by atoms with Crippen LogP contribution in [0.2, 0.25) is 20.1 Å². The summed E-state index contributed by atoms with van der Waals surface area (Å²) in [4.78, 5) is 0. The summed E-state index contributed by atoms with van der Waals surface area (Å²) in [7, 11) is 0. The predicted octanol–water partition coefficient (Wildman–Crippen LogP) is 9.31. The van der Waals surface area contributed by atoms with Gasteiger partial charge in [0.2, 0.25) is 0 Å². The third-order valence-electron chi connectivity index (χ3n) is 6.76. The molecule has 0 saturated heterocycles. The average molecular weight is 586 g/mol. The van der Waals surface area contributed by atoms with Crippen molar-refractivity contribution in [1.29, 1.82) is 0 Å². The molecular weight excluding hydrogens is 566 g/mol. The summed E-state index contributed by atoms with van der Waals surface area (Å²) in [5.74, 6) is 0. The monoisotopic (exact) mass is 584 g/mol. The van der Waals surface area contributed by atoms with E-state index in [9.17, 15) is 0 Å². The fraction of sp³-hybridized carbons (Fsp3) is 0.179. The van der Waals surface area contributed by atoms with Crippen LogP contribution in [0.3, 0.4) is 0 Å². The Bertz CT molecular complexity index is 1620. The molecular formula is C28H20Cl4N4S.